The number of aliphatic hydroxyl groups is 3. The summed E-state index contributed by atoms with van der Waals surface area (Å²) in [6.07, 6.45) is -4.21. The first kappa shape index (κ1) is 13.2. The molecular formula is C9H18O5S. The summed E-state index contributed by atoms with van der Waals surface area (Å²) in [7, 11) is 0. The van der Waals surface area contributed by atoms with Crippen LogP contribution in [-0.4, -0.2) is 58.4 Å². The molecule has 0 radical (unpaired) electrons. The van der Waals surface area contributed by atoms with E-state index >= 15 is 0 Å². The first-order valence-electron chi connectivity index (χ1n) is 5.00. The Kier molecular flexibility index (Phi) is 5.31. The van der Waals surface area contributed by atoms with Crippen LogP contribution in [-0.2, 0) is 9.47 Å². The van der Waals surface area contributed by atoms with Gasteiger partial charge in [0.2, 0.25) is 0 Å². The van der Waals surface area contributed by atoms with Gasteiger partial charge in [0.15, 0.2) is 6.29 Å². The van der Waals surface area contributed by atoms with Gasteiger partial charge in [-0.2, -0.15) is 12.6 Å². The lowest BCUT2D eigenvalue weighted by atomic mass is 10.0. The van der Waals surface area contributed by atoms with E-state index < -0.39 is 30.7 Å². The number of ether oxygens (including phenoxy) is 2. The van der Waals surface area contributed by atoms with E-state index in [0.29, 0.717) is 12.4 Å². The zero-order chi connectivity index (χ0) is 11.4. The predicted molar refractivity (Wildman–Crippen MR) is 56.8 cm³/mol. The van der Waals surface area contributed by atoms with Gasteiger partial charge in [-0.05, 0) is 19.1 Å². The fraction of sp³-hybridized carbons (Fsp3) is 1.00. The number of hydrogen-bond acceptors (Lipinski definition) is 6. The van der Waals surface area contributed by atoms with Crippen molar-refractivity contribution in [2.45, 2.75) is 44.1 Å². The van der Waals surface area contributed by atoms with Crippen LogP contribution in [0, 0.1) is 0 Å². The molecule has 0 aromatic heterocycles. The summed E-state index contributed by atoms with van der Waals surface area (Å²) in [4.78, 5) is 0. The van der Waals surface area contributed by atoms with E-state index in [1.165, 1.54) is 0 Å². The standard InChI is InChI=1S/C9H18O5S/c1-5-6(10)7(11)8(12)9(14-5)13-3-2-4-15/h5-12,15H,2-4H2,1H3/t5?,6-,7?,8?,9-/m1/s1. The lowest BCUT2D eigenvalue weighted by Crippen LogP contribution is -2.57. The van der Waals surface area contributed by atoms with Gasteiger partial charge >= 0.3 is 0 Å². The molecule has 0 aromatic rings. The third kappa shape index (κ3) is 3.30. The second-order valence-electron chi connectivity index (χ2n) is 3.63. The molecule has 6 heteroatoms. The van der Waals surface area contributed by atoms with Crippen molar-refractivity contribution in [3.63, 3.8) is 0 Å². The van der Waals surface area contributed by atoms with E-state index in [-0.39, 0.29) is 0 Å². The minimum Gasteiger partial charge on any atom is -0.388 e. The highest BCUT2D eigenvalue weighted by Crippen LogP contribution is 2.21. The van der Waals surface area contributed by atoms with Crippen molar-refractivity contribution in [2.24, 2.45) is 0 Å². The highest BCUT2D eigenvalue weighted by molar-refractivity contribution is 7.80. The minimum absolute atomic E-state index is 0.404. The Morgan fingerprint density at radius 2 is 1.87 bits per heavy atom. The van der Waals surface area contributed by atoms with E-state index in [9.17, 15) is 15.3 Å². The summed E-state index contributed by atoms with van der Waals surface area (Å²) in [6, 6.07) is 0. The van der Waals surface area contributed by atoms with Crippen molar-refractivity contribution in [3.05, 3.63) is 0 Å². The van der Waals surface area contributed by atoms with Crippen LogP contribution in [0.3, 0.4) is 0 Å². The van der Waals surface area contributed by atoms with E-state index in [1.807, 2.05) is 0 Å². The highest BCUT2D eigenvalue weighted by atomic mass is 32.1. The first-order valence-corrected chi connectivity index (χ1v) is 5.63. The van der Waals surface area contributed by atoms with Gasteiger partial charge in [-0.1, -0.05) is 0 Å². The van der Waals surface area contributed by atoms with Crippen molar-refractivity contribution in [1.29, 1.82) is 0 Å². The molecule has 15 heavy (non-hydrogen) atoms. The van der Waals surface area contributed by atoms with Crippen LogP contribution < -0.4 is 0 Å². The van der Waals surface area contributed by atoms with Crippen LogP contribution in [0.25, 0.3) is 0 Å². The monoisotopic (exact) mass is 238 g/mol. The molecule has 0 aliphatic carbocycles. The van der Waals surface area contributed by atoms with Gasteiger partial charge in [0.1, 0.15) is 18.3 Å². The van der Waals surface area contributed by atoms with Crippen LogP contribution in [0.2, 0.25) is 0 Å². The lowest BCUT2D eigenvalue weighted by molar-refractivity contribution is -0.292. The van der Waals surface area contributed by atoms with E-state index in [1.54, 1.807) is 6.92 Å². The number of hydrogen-bond donors (Lipinski definition) is 4. The van der Waals surface area contributed by atoms with Gasteiger partial charge in [0.05, 0.1) is 12.7 Å². The highest BCUT2D eigenvalue weighted by Gasteiger charge is 2.42. The zero-order valence-electron chi connectivity index (χ0n) is 8.61. The van der Waals surface area contributed by atoms with Crippen LogP contribution >= 0.6 is 12.6 Å². The summed E-state index contributed by atoms with van der Waals surface area (Å²) in [5, 5.41) is 28.4. The van der Waals surface area contributed by atoms with Gasteiger partial charge in [-0.15, -0.1) is 0 Å². The summed E-state index contributed by atoms with van der Waals surface area (Å²) in [6.45, 7) is 2.02. The van der Waals surface area contributed by atoms with Gasteiger partial charge in [0.25, 0.3) is 0 Å². The Bertz CT molecular complexity index is 191. The quantitative estimate of drug-likeness (QED) is 0.379. The molecule has 3 unspecified atom stereocenters. The molecule has 0 saturated carbocycles. The lowest BCUT2D eigenvalue weighted by Gasteiger charge is -2.38. The Labute approximate surface area is 94.4 Å². The second-order valence-corrected chi connectivity index (χ2v) is 4.08. The van der Waals surface area contributed by atoms with Crippen molar-refractivity contribution >= 4 is 12.6 Å². The molecular weight excluding hydrogens is 220 g/mol. The molecule has 1 aliphatic rings. The molecule has 90 valence electrons. The zero-order valence-corrected chi connectivity index (χ0v) is 9.51. The molecule has 1 heterocycles. The molecule has 1 rings (SSSR count). The molecule has 1 fully saturated rings. The minimum atomic E-state index is -1.23. The van der Waals surface area contributed by atoms with Crippen LogP contribution in [0.4, 0.5) is 0 Å². The fourth-order valence-electron chi connectivity index (χ4n) is 1.42. The van der Waals surface area contributed by atoms with Gasteiger partial charge in [0, 0.05) is 0 Å². The largest absolute Gasteiger partial charge is 0.388 e. The Balaban J connectivity index is 2.43. The SMILES string of the molecule is CC1O[C@@H](OCCCS)C(O)C(O)[C@@H]1O. The maximum absolute atomic E-state index is 9.55. The average Bonchev–Trinajstić information content (AvgIpc) is 2.23. The topological polar surface area (TPSA) is 79.2 Å². The number of aliphatic hydroxyl groups excluding tert-OH is 3. The Morgan fingerprint density at radius 3 is 2.47 bits per heavy atom. The van der Waals surface area contributed by atoms with Crippen molar-refractivity contribution < 1.29 is 24.8 Å². The van der Waals surface area contributed by atoms with Gasteiger partial charge in [-0.25, -0.2) is 0 Å². The molecule has 3 N–H and O–H groups in total. The fourth-order valence-corrected chi connectivity index (χ4v) is 1.54. The third-order valence-corrected chi connectivity index (χ3v) is 2.71. The van der Waals surface area contributed by atoms with Crippen molar-refractivity contribution in [2.75, 3.05) is 12.4 Å². The van der Waals surface area contributed by atoms with E-state index in [2.05, 4.69) is 12.6 Å². The Hall–Kier alpha value is 0.150. The first-order chi connectivity index (χ1) is 7.07. The third-order valence-electron chi connectivity index (χ3n) is 2.39. The van der Waals surface area contributed by atoms with Crippen LogP contribution in [0.1, 0.15) is 13.3 Å². The molecule has 5 atom stereocenters. The molecule has 0 aromatic carbocycles. The summed E-state index contributed by atoms with van der Waals surface area (Å²) in [5.41, 5.74) is 0. The van der Waals surface area contributed by atoms with Crippen molar-refractivity contribution in [3.8, 4) is 0 Å². The number of rotatable bonds is 4. The van der Waals surface area contributed by atoms with Gasteiger partial charge in [-0.3, -0.25) is 0 Å². The molecule has 1 aliphatic heterocycles. The maximum atomic E-state index is 9.55. The second kappa shape index (κ2) is 6.03. The molecule has 0 spiro atoms. The Morgan fingerprint density at radius 1 is 1.20 bits per heavy atom. The predicted octanol–water partition coefficient (Wildman–Crippen LogP) is -0.850. The number of thiol groups is 1. The van der Waals surface area contributed by atoms with Gasteiger partial charge < -0.3 is 24.8 Å². The molecule has 0 bridgehead atoms. The van der Waals surface area contributed by atoms with E-state index in [0.717, 1.165) is 6.42 Å². The molecule has 1 saturated heterocycles. The summed E-state index contributed by atoms with van der Waals surface area (Å²) < 4.78 is 10.5. The van der Waals surface area contributed by atoms with Crippen LogP contribution in [0.15, 0.2) is 0 Å². The van der Waals surface area contributed by atoms with E-state index in [4.69, 9.17) is 9.47 Å². The van der Waals surface area contributed by atoms with Crippen LogP contribution in [0.5, 0.6) is 0 Å². The maximum Gasteiger partial charge on any atom is 0.186 e. The van der Waals surface area contributed by atoms with Crippen molar-refractivity contribution in [1.82, 2.24) is 0 Å². The summed E-state index contributed by atoms with van der Waals surface area (Å²) >= 11 is 4.02. The molecule has 5 nitrogen and oxygen atoms in total. The molecule has 0 amide bonds. The smallest absolute Gasteiger partial charge is 0.186 e. The average molecular weight is 238 g/mol. The normalized spacial score (nSPS) is 41.8. The summed E-state index contributed by atoms with van der Waals surface area (Å²) in [5.74, 6) is 0.684.